The molecule has 0 radical (unpaired) electrons. The number of unbranched alkanes of at least 4 members (excludes halogenated alkanes) is 21. The van der Waals surface area contributed by atoms with Crippen LogP contribution < -0.4 is 16.0 Å². The molecule has 0 aromatic rings. The molecule has 56 heavy (non-hydrogen) atoms. The quantitative estimate of drug-likeness (QED) is 0.0375. The van der Waals surface area contributed by atoms with E-state index in [2.05, 4.69) is 36.7 Å². The minimum Gasteiger partial charge on any atom is -0.395 e. The van der Waals surface area contributed by atoms with Gasteiger partial charge in [0.25, 0.3) is 0 Å². The summed E-state index contributed by atoms with van der Waals surface area (Å²) in [4.78, 5) is 41.7. The van der Waals surface area contributed by atoms with E-state index in [1.165, 1.54) is 96.3 Å². The highest BCUT2D eigenvalue weighted by Crippen LogP contribution is 2.10. The molecular weight excluding hydrogens is 711 g/mol. The molecule has 0 aliphatic rings. The van der Waals surface area contributed by atoms with Gasteiger partial charge in [-0.15, -0.1) is 0 Å². The van der Waals surface area contributed by atoms with Crippen molar-refractivity contribution < 1.29 is 34.8 Å². The van der Waals surface area contributed by atoms with Gasteiger partial charge in [-0.3, -0.25) is 24.2 Å². The van der Waals surface area contributed by atoms with E-state index in [1.54, 1.807) is 9.80 Å². The minimum absolute atomic E-state index is 0.0529. The van der Waals surface area contributed by atoms with E-state index in [4.69, 9.17) is 0 Å². The fourth-order valence-corrected chi connectivity index (χ4v) is 6.96. The average molecular weight is 800 g/mol. The minimum atomic E-state index is -1.34. The molecule has 0 aliphatic heterocycles. The standard InChI is InChI=1S/C44H89N5O7/c1-4-7-10-13-16-19-22-25-29-45-42(54)39(51)36-48(34-35-50)32-28-33-49(37-40(52)43(55)46-30-26-23-20-17-14-11-8-5-2)38-41(53)44(56)47-31-27-24-21-18-15-12-9-6-3/h39-41,50-53H,4-38H2,1-3H3,(H,45,54)(H,46,55)(H,47,56). The smallest absolute Gasteiger partial charge is 0.250 e. The first-order valence-corrected chi connectivity index (χ1v) is 23.1. The van der Waals surface area contributed by atoms with Crippen LogP contribution in [0, 0.1) is 0 Å². The number of nitrogens with zero attached hydrogens (tertiary/aromatic N) is 2. The molecule has 12 heteroatoms. The van der Waals surface area contributed by atoms with Gasteiger partial charge in [0.2, 0.25) is 17.7 Å². The summed E-state index contributed by atoms with van der Waals surface area (Å²) in [5.74, 6) is -1.39. The second-order valence-electron chi connectivity index (χ2n) is 16.0. The van der Waals surface area contributed by atoms with Crippen molar-refractivity contribution in [2.75, 3.05) is 65.5 Å². The monoisotopic (exact) mass is 800 g/mol. The first-order valence-electron chi connectivity index (χ1n) is 23.1. The van der Waals surface area contributed by atoms with Crippen molar-refractivity contribution in [3.05, 3.63) is 0 Å². The van der Waals surface area contributed by atoms with Crippen LogP contribution in [0.2, 0.25) is 0 Å². The second kappa shape index (κ2) is 40.0. The Bertz CT molecular complexity index is 873. The summed E-state index contributed by atoms with van der Waals surface area (Å²) in [6.45, 7) is 8.91. The van der Waals surface area contributed by atoms with E-state index in [9.17, 15) is 34.8 Å². The van der Waals surface area contributed by atoms with E-state index in [1.807, 2.05) is 0 Å². The highest BCUT2D eigenvalue weighted by Gasteiger charge is 2.24. The van der Waals surface area contributed by atoms with Gasteiger partial charge in [-0.25, -0.2) is 0 Å². The summed E-state index contributed by atoms with van der Waals surface area (Å²) in [6, 6.07) is 0. The molecule has 0 heterocycles. The van der Waals surface area contributed by atoms with Gasteiger partial charge in [-0.2, -0.15) is 0 Å². The number of aliphatic hydroxyl groups excluding tert-OH is 4. The van der Waals surface area contributed by atoms with E-state index >= 15 is 0 Å². The largest absolute Gasteiger partial charge is 0.395 e. The van der Waals surface area contributed by atoms with E-state index in [0.29, 0.717) is 39.1 Å². The third-order valence-electron chi connectivity index (χ3n) is 10.6. The third kappa shape index (κ3) is 33.2. The molecule has 0 aromatic heterocycles. The molecule has 3 amide bonds. The number of carbonyl (C=O) groups excluding carboxylic acids is 3. The van der Waals surface area contributed by atoms with Crippen LogP contribution in [0.3, 0.4) is 0 Å². The van der Waals surface area contributed by atoms with Crippen molar-refractivity contribution in [2.45, 2.75) is 200 Å². The zero-order valence-electron chi connectivity index (χ0n) is 36.4. The molecule has 7 N–H and O–H groups in total. The van der Waals surface area contributed by atoms with Gasteiger partial charge in [0, 0.05) is 45.8 Å². The maximum absolute atomic E-state index is 12.8. The molecule has 0 bridgehead atoms. The summed E-state index contributed by atoms with van der Waals surface area (Å²) < 4.78 is 0. The van der Waals surface area contributed by atoms with Crippen molar-refractivity contribution in [3.63, 3.8) is 0 Å². The Balaban J connectivity index is 4.97. The Morgan fingerprint density at radius 1 is 0.393 bits per heavy atom. The fourth-order valence-electron chi connectivity index (χ4n) is 6.96. The number of aliphatic hydroxyl groups is 4. The lowest BCUT2D eigenvalue weighted by molar-refractivity contribution is -0.132. The van der Waals surface area contributed by atoms with Gasteiger partial charge < -0.3 is 36.4 Å². The first-order chi connectivity index (χ1) is 27.2. The molecule has 0 spiro atoms. The Morgan fingerprint density at radius 3 is 0.964 bits per heavy atom. The molecular formula is C44H89N5O7. The topological polar surface area (TPSA) is 175 Å². The van der Waals surface area contributed by atoms with Gasteiger partial charge in [0.1, 0.15) is 18.3 Å². The highest BCUT2D eigenvalue weighted by molar-refractivity contribution is 5.81. The molecule has 0 aliphatic carbocycles. The summed E-state index contributed by atoms with van der Waals surface area (Å²) in [6.07, 6.45) is 24.3. The van der Waals surface area contributed by atoms with Gasteiger partial charge in [-0.1, -0.05) is 156 Å². The lowest BCUT2D eigenvalue weighted by Gasteiger charge is -2.29. The zero-order valence-corrected chi connectivity index (χ0v) is 36.4. The molecule has 3 atom stereocenters. The SMILES string of the molecule is CCCCCCCCCCNC(=O)C(O)CN(CCO)CCCN(CC(O)C(=O)NCCCCCCCCCC)CC(O)C(=O)NCCCCCCCCCC. The molecule has 0 rings (SSSR count). The molecule has 0 saturated heterocycles. The Labute approximate surface area is 342 Å². The number of carbonyl (C=O) groups is 3. The summed E-state index contributed by atoms with van der Waals surface area (Å²) >= 11 is 0. The summed E-state index contributed by atoms with van der Waals surface area (Å²) in [5.41, 5.74) is 0. The van der Waals surface area contributed by atoms with Crippen LogP contribution in [-0.2, 0) is 14.4 Å². The number of hydrogen-bond acceptors (Lipinski definition) is 9. The number of rotatable bonds is 42. The Hall–Kier alpha value is -1.83. The molecule has 332 valence electrons. The van der Waals surface area contributed by atoms with Gasteiger partial charge in [0.15, 0.2) is 0 Å². The number of nitrogens with one attached hydrogen (secondary N) is 3. The van der Waals surface area contributed by atoms with Crippen LogP contribution in [-0.4, -0.2) is 132 Å². The molecule has 0 saturated carbocycles. The van der Waals surface area contributed by atoms with Crippen LogP contribution in [0.4, 0.5) is 0 Å². The summed E-state index contributed by atoms with van der Waals surface area (Å²) in [7, 11) is 0. The van der Waals surface area contributed by atoms with E-state index in [-0.39, 0.29) is 32.8 Å². The van der Waals surface area contributed by atoms with Crippen molar-refractivity contribution in [2.24, 2.45) is 0 Å². The first kappa shape index (κ1) is 54.2. The van der Waals surface area contributed by atoms with Crippen LogP contribution in [0.15, 0.2) is 0 Å². The van der Waals surface area contributed by atoms with Gasteiger partial charge in [-0.05, 0) is 38.8 Å². The lowest BCUT2D eigenvalue weighted by atomic mass is 10.1. The molecule has 12 nitrogen and oxygen atoms in total. The van der Waals surface area contributed by atoms with Crippen molar-refractivity contribution >= 4 is 17.7 Å². The maximum Gasteiger partial charge on any atom is 0.250 e. The molecule has 0 aromatic carbocycles. The van der Waals surface area contributed by atoms with Crippen LogP contribution in [0.5, 0.6) is 0 Å². The van der Waals surface area contributed by atoms with Gasteiger partial charge in [0.05, 0.1) is 6.61 Å². The van der Waals surface area contributed by atoms with Crippen LogP contribution >= 0.6 is 0 Å². The fraction of sp³-hybridized carbons (Fsp3) is 0.932. The van der Waals surface area contributed by atoms with E-state index < -0.39 is 36.0 Å². The Morgan fingerprint density at radius 2 is 0.661 bits per heavy atom. The van der Waals surface area contributed by atoms with E-state index in [0.717, 1.165) is 57.8 Å². The van der Waals surface area contributed by atoms with Crippen molar-refractivity contribution in [3.8, 4) is 0 Å². The van der Waals surface area contributed by atoms with Crippen molar-refractivity contribution in [1.82, 2.24) is 25.8 Å². The third-order valence-corrected chi connectivity index (χ3v) is 10.6. The Kier molecular flexibility index (Phi) is 38.7. The zero-order chi connectivity index (χ0) is 41.5. The average Bonchev–Trinajstić information content (AvgIpc) is 3.18. The number of hydrogen-bond donors (Lipinski definition) is 7. The van der Waals surface area contributed by atoms with Crippen molar-refractivity contribution in [1.29, 1.82) is 0 Å². The van der Waals surface area contributed by atoms with Crippen LogP contribution in [0.25, 0.3) is 0 Å². The summed E-state index contributed by atoms with van der Waals surface area (Å²) in [5, 5.41) is 50.5. The second-order valence-corrected chi connectivity index (χ2v) is 16.0. The van der Waals surface area contributed by atoms with Crippen LogP contribution in [0.1, 0.15) is 181 Å². The highest BCUT2D eigenvalue weighted by atomic mass is 16.3. The molecule has 3 unspecified atom stereocenters. The molecule has 0 fully saturated rings. The predicted octanol–water partition coefficient (Wildman–Crippen LogP) is 5.83. The normalized spacial score (nSPS) is 13.2. The number of amides is 3. The predicted molar refractivity (Wildman–Crippen MR) is 229 cm³/mol. The lowest BCUT2D eigenvalue weighted by Crippen LogP contribution is -2.49. The van der Waals surface area contributed by atoms with Gasteiger partial charge >= 0.3 is 0 Å². The maximum atomic E-state index is 12.8.